The fourth-order valence-corrected chi connectivity index (χ4v) is 4.03. The molecule has 0 unspecified atom stereocenters. The van der Waals surface area contributed by atoms with E-state index in [9.17, 15) is 30.3 Å². The van der Waals surface area contributed by atoms with Crippen LogP contribution in [0.4, 0.5) is 0 Å². The molecule has 0 bridgehead atoms. The largest absolute Gasteiger partial charge is 0.508 e. The van der Waals surface area contributed by atoms with Gasteiger partial charge in [0.05, 0.1) is 13.7 Å². The Labute approximate surface area is 197 Å². The van der Waals surface area contributed by atoms with Crippen LogP contribution in [0.25, 0.3) is 22.3 Å². The minimum absolute atomic E-state index is 0.0601. The monoisotopic (exact) mass is 480 g/mol. The van der Waals surface area contributed by atoms with Gasteiger partial charge in [-0.3, -0.25) is 4.79 Å². The van der Waals surface area contributed by atoms with Crippen molar-refractivity contribution in [3.8, 4) is 51.6 Å². The van der Waals surface area contributed by atoms with E-state index in [2.05, 4.69) is 0 Å². The molecule has 35 heavy (non-hydrogen) atoms. The molecule has 10 nitrogen and oxygen atoms in total. The Morgan fingerprint density at radius 3 is 2.46 bits per heavy atom. The van der Waals surface area contributed by atoms with Crippen LogP contribution in [0.1, 0.15) is 11.7 Å². The lowest BCUT2D eigenvalue weighted by molar-refractivity contribution is -0.0123. The van der Waals surface area contributed by atoms with Gasteiger partial charge in [0.15, 0.2) is 41.0 Å². The molecule has 180 valence electrons. The summed E-state index contributed by atoms with van der Waals surface area (Å²) in [5.74, 6) is -1.07. The Bertz CT molecular complexity index is 1510. The van der Waals surface area contributed by atoms with Gasteiger partial charge in [-0.05, 0) is 30.3 Å². The minimum Gasteiger partial charge on any atom is -0.508 e. The summed E-state index contributed by atoms with van der Waals surface area (Å²) in [4.78, 5) is 12.7. The van der Waals surface area contributed by atoms with Crippen molar-refractivity contribution >= 4 is 11.0 Å². The van der Waals surface area contributed by atoms with Gasteiger partial charge in [0.2, 0.25) is 11.2 Å². The quantitative estimate of drug-likeness (QED) is 0.294. The standard InChI is InChI=1S/C25H20O10/c1-32-17-6-11(2-4-14(17)28)24-20(10-26)33-16-5-3-12(7-18(16)34-24)25-23(31)22(30)21-15(29)8-13(27)9-19(21)35-25/h2-9,20,24,26-29,31H,10H2,1H3/t20-,24-/m1/s1. The average Bonchev–Trinajstić information content (AvgIpc) is 2.85. The third-order valence-corrected chi connectivity index (χ3v) is 5.72. The van der Waals surface area contributed by atoms with E-state index in [1.165, 1.54) is 31.4 Å². The summed E-state index contributed by atoms with van der Waals surface area (Å²) in [6.07, 6.45) is -1.54. The van der Waals surface area contributed by atoms with Crippen LogP contribution < -0.4 is 19.6 Å². The van der Waals surface area contributed by atoms with E-state index >= 15 is 0 Å². The van der Waals surface area contributed by atoms with Gasteiger partial charge in [-0.2, -0.15) is 0 Å². The van der Waals surface area contributed by atoms with Gasteiger partial charge in [-0.15, -0.1) is 0 Å². The number of aliphatic hydroxyl groups excluding tert-OH is 1. The lowest BCUT2D eigenvalue weighted by Gasteiger charge is -2.33. The third-order valence-electron chi connectivity index (χ3n) is 5.72. The highest BCUT2D eigenvalue weighted by Gasteiger charge is 2.34. The molecule has 0 aliphatic carbocycles. The van der Waals surface area contributed by atoms with Crippen LogP contribution in [0, 0.1) is 0 Å². The summed E-state index contributed by atoms with van der Waals surface area (Å²) < 4.78 is 22.8. The Kier molecular flexibility index (Phi) is 5.29. The van der Waals surface area contributed by atoms with Crippen LogP contribution in [-0.2, 0) is 0 Å². The highest BCUT2D eigenvalue weighted by molar-refractivity contribution is 5.88. The molecule has 4 aromatic rings. The minimum atomic E-state index is -0.872. The molecular weight excluding hydrogens is 460 g/mol. The zero-order valence-corrected chi connectivity index (χ0v) is 18.3. The van der Waals surface area contributed by atoms with Crippen molar-refractivity contribution in [2.75, 3.05) is 13.7 Å². The number of phenols is 3. The van der Waals surface area contributed by atoms with Gasteiger partial charge in [-0.25, -0.2) is 0 Å². The molecule has 5 rings (SSSR count). The van der Waals surface area contributed by atoms with E-state index in [0.717, 1.165) is 12.1 Å². The van der Waals surface area contributed by atoms with Gasteiger partial charge in [0.25, 0.3) is 0 Å². The van der Waals surface area contributed by atoms with Gasteiger partial charge in [0.1, 0.15) is 22.5 Å². The number of hydrogen-bond acceptors (Lipinski definition) is 10. The number of benzene rings is 3. The highest BCUT2D eigenvalue weighted by Crippen LogP contribution is 2.44. The van der Waals surface area contributed by atoms with Crippen LogP contribution in [0.3, 0.4) is 0 Å². The second-order valence-corrected chi connectivity index (χ2v) is 7.92. The molecule has 3 aromatic carbocycles. The van der Waals surface area contributed by atoms with Gasteiger partial charge in [-0.1, -0.05) is 6.07 Å². The smallest absolute Gasteiger partial charge is 0.238 e. The summed E-state index contributed by atoms with van der Waals surface area (Å²) in [6.45, 7) is -0.359. The Hall–Kier alpha value is -4.57. The average molecular weight is 480 g/mol. The molecule has 2 atom stereocenters. The maximum atomic E-state index is 12.7. The third kappa shape index (κ3) is 3.69. The van der Waals surface area contributed by atoms with E-state index in [-0.39, 0.29) is 51.9 Å². The summed E-state index contributed by atoms with van der Waals surface area (Å²) in [5, 5.41) is 49.8. The number of fused-ring (bicyclic) bond motifs is 2. The number of aliphatic hydroxyl groups is 1. The molecule has 0 radical (unpaired) electrons. The Morgan fingerprint density at radius 2 is 1.71 bits per heavy atom. The molecule has 5 N–H and O–H groups in total. The summed E-state index contributed by atoms with van der Waals surface area (Å²) in [5.41, 5.74) is -0.162. The van der Waals surface area contributed by atoms with Crippen molar-refractivity contribution in [3.63, 3.8) is 0 Å². The molecule has 2 heterocycles. The van der Waals surface area contributed by atoms with Gasteiger partial charge in [0, 0.05) is 23.3 Å². The second kappa shape index (κ2) is 8.33. The number of rotatable bonds is 4. The zero-order valence-electron chi connectivity index (χ0n) is 18.3. The molecule has 0 saturated heterocycles. The maximum Gasteiger partial charge on any atom is 0.238 e. The molecule has 10 heteroatoms. The van der Waals surface area contributed by atoms with Crippen LogP contribution in [0.5, 0.6) is 40.2 Å². The van der Waals surface area contributed by atoms with Crippen molar-refractivity contribution in [2.24, 2.45) is 0 Å². The molecule has 1 aromatic heterocycles. The lowest BCUT2D eigenvalue weighted by atomic mass is 10.0. The lowest BCUT2D eigenvalue weighted by Crippen LogP contribution is -2.36. The van der Waals surface area contributed by atoms with Crippen molar-refractivity contribution in [3.05, 3.63) is 64.3 Å². The van der Waals surface area contributed by atoms with Crippen LogP contribution in [0.15, 0.2) is 57.7 Å². The highest BCUT2D eigenvalue weighted by atomic mass is 16.6. The summed E-state index contributed by atoms with van der Waals surface area (Å²) in [6, 6.07) is 11.3. The second-order valence-electron chi connectivity index (χ2n) is 7.92. The number of aromatic hydroxyl groups is 4. The van der Waals surface area contributed by atoms with E-state index in [4.69, 9.17) is 18.6 Å². The Morgan fingerprint density at radius 1 is 0.914 bits per heavy atom. The normalized spacial score (nSPS) is 16.9. The van der Waals surface area contributed by atoms with Crippen LogP contribution in [0.2, 0.25) is 0 Å². The molecular formula is C25H20O10. The molecule has 1 aliphatic rings. The molecule has 0 fully saturated rings. The maximum absolute atomic E-state index is 12.7. The zero-order chi connectivity index (χ0) is 24.9. The van der Waals surface area contributed by atoms with Crippen molar-refractivity contribution in [1.82, 2.24) is 0 Å². The van der Waals surface area contributed by atoms with E-state index in [0.29, 0.717) is 11.3 Å². The van der Waals surface area contributed by atoms with Crippen LogP contribution in [-0.4, -0.2) is 45.4 Å². The SMILES string of the molecule is COc1cc([C@H]2Oc3cc(-c4oc5cc(O)cc(O)c5c(=O)c4O)ccc3O[C@@H]2CO)ccc1O. The fourth-order valence-electron chi connectivity index (χ4n) is 4.03. The molecule has 0 saturated carbocycles. The van der Waals surface area contributed by atoms with Crippen molar-refractivity contribution in [2.45, 2.75) is 12.2 Å². The van der Waals surface area contributed by atoms with Crippen molar-refractivity contribution in [1.29, 1.82) is 0 Å². The predicted molar refractivity (Wildman–Crippen MR) is 122 cm³/mol. The summed E-state index contributed by atoms with van der Waals surface area (Å²) in [7, 11) is 1.41. The topological polar surface area (TPSA) is 159 Å². The van der Waals surface area contributed by atoms with Crippen LogP contribution >= 0.6 is 0 Å². The van der Waals surface area contributed by atoms with Crippen molar-refractivity contribution < 1.29 is 44.2 Å². The number of hydrogen-bond donors (Lipinski definition) is 5. The first-order valence-corrected chi connectivity index (χ1v) is 10.5. The summed E-state index contributed by atoms with van der Waals surface area (Å²) >= 11 is 0. The fraction of sp³-hybridized carbons (Fsp3) is 0.160. The number of ether oxygens (including phenoxy) is 3. The predicted octanol–water partition coefficient (Wildman–Crippen LogP) is 3.16. The Balaban J connectivity index is 1.59. The number of methoxy groups -OCH3 is 1. The van der Waals surface area contributed by atoms with Gasteiger partial charge < -0.3 is 44.2 Å². The van der Waals surface area contributed by atoms with E-state index in [1.807, 2.05) is 0 Å². The first-order chi connectivity index (χ1) is 16.8. The van der Waals surface area contributed by atoms with E-state index < -0.39 is 29.1 Å². The first kappa shape index (κ1) is 22.2. The number of phenolic OH excluding ortho intramolecular Hbond substituents is 3. The molecule has 1 aliphatic heterocycles. The first-order valence-electron chi connectivity index (χ1n) is 10.5. The molecule has 0 spiro atoms. The van der Waals surface area contributed by atoms with E-state index in [1.54, 1.807) is 12.1 Å². The van der Waals surface area contributed by atoms with Gasteiger partial charge >= 0.3 is 0 Å². The molecule has 0 amide bonds.